The lowest BCUT2D eigenvalue weighted by Crippen LogP contribution is -2.34. The first-order valence-electron chi connectivity index (χ1n) is 5.42. The molecule has 21 heavy (non-hydrogen) atoms. The molecule has 114 valence electrons. The van der Waals surface area contributed by atoms with Crippen molar-refractivity contribution >= 4 is 40.2 Å². The number of nitro benzene ring substituents is 1. The van der Waals surface area contributed by atoms with Crippen LogP contribution in [0.3, 0.4) is 0 Å². The molecule has 7 nitrogen and oxygen atoms in total. The fourth-order valence-electron chi connectivity index (χ4n) is 1.37. The fourth-order valence-corrected chi connectivity index (χ4v) is 1.85. The molecule has 0 aliphatic carbocycles. The number of amides is 1. The summed E-state index contributed by atoms with van der Waals surface area (Å²) in [7, 11) is 1.15. The molecule has 1 rings (SSSR count). The molecule has 0 aromatic heterocycles. The van der Waals surface area contributed by atoms with Gasteiger partial charge in [0.2, 0.25) is 5.82 Å². The van der Waals surface area contributed by atoms with Crippen LogP contribution < -0.4 is 5.32 Å². The Hall–Kier alpha value is -1.85. The van der Waals surface area contributed by atoms with E-state index in [1.54, 1.807) is 22.6 Å². The Labute approximate surface area is 130 Å². The van der Waals surface area contributed by atoms with Crippen LogP contribution in [0.5, 0.6) is 0 Å². The van der Waals surface area contributed by atoms with Crippen molar-refractivity contribution in [2.45, 2.75) is 3.92 Å². The van der Waals surface area contributed by atoms with E-state index in [0.717, 1.165) is 7.11 Å². The van der Waals surface area contributed by atoms with E-state index < -0.39 is 43.6 Å². The van der Waals surface area contributed by atoms with Crippen molar-refractivity contribution < 1.29 is 28.0 Å². The standard InChI is InChI=1S/C11H9F2IN2O5/c1-21-11(18)6(14)4-15-10(17)8-5(12)2-3-7(9(8)13)16(19)20/h2-3,6H,4H2,1H3,(H,15,17). The number of carbonyl (C=O) groups excluding carboxylic acids is 2. The number of methoxy groups -OCH3 is 1. The van der Waals surface area contributed by atoms with Gasteiger partial charge in [-0.25, -0.2) is 4.39 Å². The maximum Gasteiger partial charge on any atom is 0.320 e. The second-order valence-corrected chi connectivity index (χ2v) is 5.22. The molecule has 0 aliphatic rings. The van der Waals surface area contributed by atoms with Crippen LogP contribution in [0.15, 0.2) is 12.1 Å². The lowest BCUT2D eigenvalue weighted by molar-refractivity contribution is -0.387. The largest absolute Gasteiger partial charge is 0.468 e. The molecule has 0 saturated heterocycles. The zero-order valence-electron chi connectivity index (χ0n) is 10.6. The summed E-state index contributed by atoms with van der Waals surface area (Å²) in [5.41, 5.74) is -2.08. The Morgan fingerprint density at radius 1 is 1.48 bits per heavy atom. The van der Waals surface area contributed by atoms with E-state index in [2.05, 4.69) is 10.1 Å². The lowest BCUT2D eigenvalue weighted by Gasteiger charge is -2.10. The number of rotatable bonds is 5. The number of nitrogens with zero attached hydrogens (tertiary/aromatic N) is 1. The van der Waals surface area contributed by atoms with Crippen molar-refractivity contribution in [2.24, 2.45) is 0 Å². The summed E-state index contributed by atoms with van der Waals surface area (Å²) in [5, 5.41) is 12.7. The van der Waals surface area contributed by atoms with Crippen LogP contribution in [0, 0.1) is 21.7 Å². The monoisotopic (exact) mass is 414 g/mol. The summed E-state index contributed by atoms with van der Waals surface area (Å²) in [6, 6.07) is 1.25. The van der Waals surface area contributed by atoms with Gasteiger partial charge in [0.15, 0.2) is 0 Å². The third-order valence-electron chi connectivity index (χ3n) is 2.39. The van der Waals surface area contributed by atoms with Crippen molar-refractivity contribution in [3.05, 3.63) is 39.4 Å². The average Bonchev–Trinajstić information content (AvgIpc) is 2.43. The van der Waals surface area contributed by atoms with Gasteiger partial charge in [-0.1, -0.05) is 22.6 Å². The molecule has 0 bridgehead atoms. The van der Waals surface area contributed by atoms with Crippen LogP contribution in [-0.2, 0) is 9.53 Å². The van der Waals surface area contributed by atoms with E-state index in [1.165, 1.54) is 0 Å². The van der Waals surface area contributed by atoms with Crippen molar-refractivity contribution in [1.29, 1.82) is 0 Å². The first-order chi connectivity index (χ1) is 9.79. The zero-order valence-corrected chi connectivity index (χ0v) is 12.7. The number of ether oxygens (including phenoxy) is 1. The molecule has 0 fully saturated rings. The van der Waals surface area contributed by atoms with Crippen LogP contribution >= 0.6 is 22.6 Å². The highest BCUT2D eigenvalue weighted by atomic mass is 127. The summed E-state index contributed by atoms with van der Waals surface area (Å²) in [5.74, 6) is -4.63. The molecule has 1 atom stereocenters. The molecule has 0 heterocycles. The van der Waals surface area contributed by atoms with Gasteiger partial charge in [-0.3, -0.25) is 19.7 Å². The third kappa shape index (κ3) is 4.06. The highest BCUT2D eigenvalue weighted by Gasteiger charge is 2.27. The Bertz CT molecular complexity index is 596. The lowest BCUT2D eigenvalue weighted by atomic mass is 10.1. The second kappa shape index (κ2) is 7.24. The number of halogens is 3. The quantitative estimate of drug-likeness (QED) is 0.260. The van der Waals surface area contributed by atoms with Crippen LogP contribution in [0.2, 0.25) is 0 Å². The number of hydrogen-bond donors (Lipinski definition) is 1. The molecule has 0 radical (unpaired) electrons. The van der Waals surface area contributed by atoms with Gasteiger partial charge in [0, 0.05) is 12.6 Å². The fraction of sp³-hybridized carbons (Fsp3) is 0.273. The zero-order chi connectivity index (χ0) is 16.2. The molecular weight excluding hydrogens is 405 g/mol. The van der Waals surface area contributed by atoms with E-state index in [4.69, 9.17) is 0 Å². The topological polar surface area (TPSA) is 98.5 Å². The predicted octanol–water partition coefficient (Wildman–Crippen LogP) is 1.58. The van der Waals surface area contributed by atoms with Gasteiger partial charge < -0.3 is 10.1 Å². The van der Waals surface area contributed by atoms with Gasteiger partial charge in [0.1, 0.15) is 15.3 Å². The Morgan fingerprint density at radius 3 is 2.62 bits per heavy atom. The molecular formula is C11H9F2IN2O5. The van der Waals surface area contributed by atoms with E-state index in [0.29, 0.717) is 12.1 Å². The van der Waals surface area contributed by atoms with E-state index in [-0.39, 0.29) is 6.54 Å². The highest BCUT2D eigenvalue weighted by Crippen LogP contribution is 2.23. The molecule has 0 spiro atoms. The minimum Gasteiger partial charge on any atom is -0.468 e. The van der Waals surface area contributed by atoms with Crippen LogP contribution in [0.25, 0.3) is 0 Å². The van der Waals surface area contributed by atoms with Crippen molar-refractivity contribution in [3.8, 4) is 0 Å². The van der Waals surface area contributed by atoms with E-state index >= 15 is 0 Å². The van der Waals surface area contributed by atoms with E-state index in [9.17, 15) is 28.5 Å². The van der Waals surface area contributed by atoms with Gasteiger partial charge in [-0.15, -0.1) is 0 Å². The minimum atomic E-state index is -1.57. The van der Waals surface area contributed by atoms with Crippen molar-refractivity contribution in [2.75, 3.05) is 13.7 Å². The number of nitro groups is 1. The Morgan fingerprint density at radius 2 is 2.10 bits per heavy atom. The summed E-state index contributed by atoms with van der Waals surface area (Å²) < 4.78 is 30.9. The van der Waals surface area contributed by atoms with Gasteiger partial charge in [-0.05, 0) is 6.07 Å². The summed E-state index contributed by atoms with van der Waals surface area (Å²) >= 11 is 1.67. The van der Waals surface area contributed by atoms with Gasteiger partial charge >= 0.3 is 11.7 Å². The number of alkyl halides is 1. The maximum atomic E-state index is 13.7. The van der Waals surface area contributed by atoms with E-state index in [1.807, 2.05) is 0 Å². The molecule has 0 aliphatic heterocycles. The number of carbonyl (C=O) groups is 2. The summed E-state index contributed by atoms with van der Waals surface area (Å²) in [6.07, 6.45) is 0. The van der Waals surface area contributed by atoms with Crippen molar-refractivity contribution in [1.82, 2.24) is 5.32 Å². The maximum absolute atomic E-state index is 13.7. The highest BCUT2D eigenvalue weighted by molar-refractivity contribution is 14.1. The molecule has 1 N–H and O–H groups in total. The van der Waals surface area contributed by atoms with Gasteiger partial charge in [-0.2, -0.15) is 4.39 Å². The number of nitrogens with one attached hydrogen (secondary N) is 1. The number of esters is 1. The Kier molecular flexibility index (Phi) is 5.93. The van der Waals surface area contributed by atoms with Crippen LogP contribution in [-0.4, -0.2) is 34.4 Å². The predicted molar refractivity (Wildman–Crippen MR) is 75.2 cm³/mol. The van der Waals surface area contributed by atoms with Gasteiger partial charge in [0.05, 0.1) is 12.0 Å². The summed E-state index contributed by atoms with van der Waals surface area (Å²) in [6.45, 7) is -0.242. The number of benzene rings is 1. The van der Waals surface area contributed by atoms with Crippen LogP contribution in [0.4, 0.5) is 14.5 Å². The molecule has 1 aromatic carbocycles. The molecule has 1 amide bonds. The normalized spacial score (nSPS) is 11.6. The summed E-state index contributed by atoms with van der Waals surface area (Å²) in [4.78, 5) is 32.3. The Balaban J connectivity index is 2.95. The van der Waals surface area contributed by atoms with Gasteiger partial charge in [0.25, 0.3) is 5.91 Å². The first-order valence-corrected chi connectivity index (χ1v) is 6.66. The second-order valence-electron chi connectivity index (χ2n) is 3.71. The molecule has 1 unspecified atom stereocenters. The number of hydrogen-bond acceptors (Lipinski definition) is 5. The molecule has 1 aromatic rings. The van der Waals surface area contributed by atoms with Crippen LogP contribution in [0.1, 0.15) is 10.4 Å². The van der Waals surface area contributed by atoms with Crippen molar-refractivity contribution in [3.63, 3.8) is 0 Å². The SMILES string of the molecule is COC(=O)C(I)CNC(=O)c1c(F)ccc([N+](=O)[O-])c1F. The average molecular weight is 414 g/mol. The molecule has 0 saturated carbocycles. The smallest absolute Gasteiger partial charge is 0.320 e. The molecule has 10 heteroatoms. The third-order valence-corrected chi connectivity index (χ3v) is 3.34. The minimum absolute atomic E-state index is 0.242. The first kappa shape index (κ1) is 17.2.